The molecule has 0 aliphatic rings. The zero-order valence-electron chi connectivity index (χ0n) is 9.44. The summed E-state index contributed by atoms with van der Waals surface area (Å²) in [6.07, 6.45) is 0. The van der Waals surface area contributed by atoms with Crippen LogP contribution in [-0.2, 0) is 6.54 Å². The fraction of sp³-hybridized carbons (Fsp3) is 0.500. The zero-order valence-corrected chi connectivity index (χ0v) is 9.44. The lowest BCUT2D eigenvalue weighted by atomic mass is 10.1. The predicted molar refractivity (Wildman–Crippen MR) is 61.4 cm³/mol. The summed E-state index contributed by atoms with van der Waals surface area (Å²) in [6.45, 7) is 7.31. The third-order valence-corrected chi connectivity index (χ3v) is 2.25. The Labute approximate surface area is 90.9 Å². The third kappa shape index (κ3) is 4.40. The van der Waals surface area contributed by atoms with Gasteiger partial charge in [0.25, 0.3) is 0 Å². The van der Waals surface area contributed by atoms with Crippen LogP contribution in [0.4, 0.5) is 4.39 Å². The molecule has 0 aliphatic carbocycles. The van der Waals surface area contributed by atoms with Crippen LogP contribution in [0.2, 0.25) is 0 Å². The smallest absolute Gasteiger partial charge is 0.127 e. The van der Waals surface area contributed by atoms with E-state index in [0.29, 0.717) is 6.54 Å². The van der Waals surface area contributed by atoms with E-state index in [0.717, 1.165) is 30.8 Å². The SMILES string of the molecule is CCNCCNCc1ccc(C)cc1F. The third-order valence-electron chi connectivity index (χ3n) is 2.25. The van der Waals surface area contributed by atoms with Crippen LogP contribution in [0.25, 0.3) is 0 Å². The second-order valence-electron chi connectivity index (χ2n) is 3.63. The number of hydrogen-bond acceptors (Lipinski definition) is 2. The van der Waals surface area contributed by atoms with Gasteiger partial charge in [-0.25, -0.2) is 4.39 Å². The first-order valence-corrected chi connectivity index (χ1v) is 5.40. The summed E-state index contributed by atoms with van der Waals surface area (Å²) in [7, 11) is 0. The molecule has 2 N–H and O–H groups in total. The van der Waals surface area contributed by atoms with Crippen molar-refractivity contribution in [2.75, 3.05) is 19.6 Å². The van der Waals surface area contributed by atoms with Crippen molar-refractivity contribution in [3.63, 3.8) is 0 Å². The first-order chi connectivity index (χ1) is 7.24. The molecule has 3 heteroatoms. The highest BCUT2D eigenvalue weighted by molar-refractivity contribution is 5.23. The number of halogens is 1. The number of aryl methyl sites for hydroxylation is 1. The number of nitrogens with one attached hydrogen (secondary N) is 2. The molecule has 0 radical (unpaired) electrons. The van der Waals surface area contributed by atoms with Gasteiger partial charge in [0.15, 0.2) is 0 Å². The van der Waals surface area contributed by atoms with Crippen LogP contribution in [0.5, 0.6) is 0 Å². The molecule has 0 saturated heterocycles. The fourth-order valence-corrected chi connectivity index (χ4v) is 1.37. The summed E-state index contributed by atoms with van der Waals surface area (Å²) in [5, 5.41) is 6.40. The number of hydrogen-bond donors (Lipinski definition) is 2. The molecule has 0 saturated carbocycles. The molecule has 0 unspecified atom stereocenters. The monoisotopic (exact) mass is 210 g/mol. The minimum atomic E-state index is -0.119. The Balaban J connectivity index is 2.31. The fourth-order valence-electron chi connectivity index (χ4n) is 1.37. The second kappa shape index (κ2) is 6.53. The minimum Gasteiger partial charge on any atom is -0.316 e. The largest absolute Gasteiger partial charge is 0.316 e. The van der Waals surface area contributed by atoms with E-state index in [4.69, 9.17) is 0 Å². The van der Waals surface area contributed by atoms with Crippen molar-refractivity contribution in [2.24, 2.45) is 0 Å². The Hall–Kier alpha value is -0.930. The Kier molecular flexibility index (Phi) is 5.29. The highest BCUT2D eigenvalue weighted by Crippen LogP contribution is 2.08. The lowest BCUT2D eigenvalue weighted by Gasteiger charge is -2.06. The molecule has 0 bridgehead atoms. The standard InChI is InChI=1S/C12H19FN2/c1-3-14-6-7-15-9-11-5-4-10(2)8-12(11)13/h4-5,8,14-15H,3,6-7,9H2,1-2H3. The van der Waals surface area contributed by atoms with Crippen molar-refractivity contribution in [3.05, 3.63) is 35.1 Å². The van der Waals surface area contributed by atoms with Gasteiger partial charge in [-0.05, 0) is 25.1 Å². The van der Waals surface area contributed by atoms with Crippen molar-refractivity contribution in [3.8, 4) is 0 Å². The molecule has 0 spiro atoms. The summed E-state index contributed by atoms with van der Waals surface area (Å²) in [5.41, 5.74) is 1.70. The number of benzene rings is 1. The van der Waals surface area contributed by atoms with Crippen LogP contribution in [-0.4, -0.2) is 19.6 Å². The van der Waals surface area contributed by atoms with Crippen LogP contribution in [0.15, 0.2) is 18.2 Å². The quantitative estimate of drug-likeness (QED) is 0.700. The van der Waals surface area contributed by atoms with E-state index in [1.807, 2.05) is 19.1 Å². The molecule has 0 amide bonds. The van der Waals surface area contributed by atoms with Gasteiger partial charge in [0.2, 0.25) is 0 Å². The zero-order chi connectivity index (χ0) is 11.1. The van der Waals surface area contributed by atoms with Gasteiger partial charge in [-0.2, -0.15) is 0 Å². The Morgan fingerprint density at radius 1 is 1.20 bits per heavy atom. The van der Waals surface area contributed by atoms with Gasteiger partial charge >= 0.3 is 0 Å². The van der Waals surface area contributed by atoms with E-state index in [9.17, 15) is 4.39 Å². The van der Waals surface area contributed by atoms with Crippen LogP contribution in [0, 0.1) is 12.7 Å². The Morgan fingerprint density at radius 2 is 1.93 bits per heavy atom. The van der Waals surface area contributed by atoms with E-state index in [1.54, 1.807) is 6.07 Å². The summed E-state index contributed by atoms with van der Waals surface area (Å²) in [5.74, 6) is -0.119. The topological polar surface area (TPSA) is 24.1 Å². The molecule has 0 fully saturated rings. The molecular weight excluding hydrogens is 191 g/mol. The molecule has 15 heavy (non-hydrogen) atoms. The summed E-state index contributed by atoms with van der Waals surface area (Å²) >= 11 is 0. The van der Waals surface area contributed by atoms with E-state index in [1.165, 1.54) is 0 Å². The maximum atomic E-state index is 13.4. The number of likely N-dealkylation sites (N-methyl/N-ethyl adjacent to an activating group) is 1. The van der Waals surface area contributed by atoms with Crippen LogP contribution >= 0.6 is 0 Å². The average molecular weight is 210 g/mol. The lowest BCUT2D eigenvalue weighted by molar-refractivity contribution is 0.577. The van der Waals surface area contributed by atoms with Crippen molar-refractivity contribution >= 4 is 0 Å². The minimum absolute atomic E-state index is 0.119. The Bertz CT molecular complexity index is 300. The van der Waals surface area contributed by atoms with E-state index in [2.05, 4.69) is 17.6 Å². The van der Waals surface area contributed by atoms with E-state index >= 15 is 0 Å². The summed E-state index contributed by atoms with van der Waals surface area (Å²) in [6, 6.07) is 5.34. The van der Waals surface area contributed by atoms with Gasteiger partial charge in [-0.3, -0.25) is 0 Å². The van der Waals surface area contributed by atoms with Crippen molar-refractivity contribution in [1.82, 2.24) is 10.6 Å². The molecule has 0 aromatic heterocycles. The number of rotatable bonds is 6. The molecule has 1 aromatic carbocycles. The molecule has 2 nitrogen and oxygen atoms in total. The molecule has 1 rings (SSSR count). The maximum absolute atomic E-state index is 13.4. The van der Waals surface area contributed by atoms with Crippen LogP contribution in [0.1, 0.15) is 18.1 Å². The van der Waals surface area contributed by atoms with Crippen LogP contribution in [0.3, 0.4) is 0 Å². The molecular formula is C12H19FN2. The highest BCUT2D eigenvalue weighted by atomic mass is 19.1. The maximum Gasteiger partial charge on any atom is 0.127 e. The van der Waals surface area contributed by atoms with Gasteiger partial charge in [0, 0.05) is 25.2 Å². The van der Waals surface area contributed by atoms with Gasteiger partial charge in [-0.15, -0.1) is 0 Å². The van der Waals surface area contributed by atoms with Gasteiger partial charge < -0.3 is 10.6 Å². The van der Waals surface area contributed by atoms with Crippen molar-refractivity contribution in [2.45, 2.75) is 20.4 Å². The van der Waals surface area contributed by atoms with Gasteiger partial charge in [-0.1, -0.05) is 19.1 Å². The average Bonchev–Trinajstić information content (AvgIpc) is 2.20. The first-order valence-electron chi connectivity index (χ1n) is 5.40. The second-order valence-corrected chi connectivity index (χ2v) is 3.63. The van der Waals surface area contributed by atoms with Crippen LogP contribution < -0.4 is 10.6 Å². The normalized spacial score (nSPS) is 10.6. The molecule has 0 heterocycles. The Morgan fingerprint density at radius 3 is 2.60 bits per heavy atom. The summed E-state index contributed by atoms with van der Waals surface area (Å²) in [4.78, 5) is 0. The van der Waals surface area contributed by atoms with Crippen molar-refractivity contribution in [1.29, 1.82) is 0 Å². The molecule has 1 aromatic rings. The van der Waals surface area contributed by atoms with Crippen molar-refractivity contribution < 1.29 is 4.39 Å². The molecule has 0 aliphatic heterocycles. The lowest BCUT2D eigenvalue weighted by Crippen LogP contribution is -2.27. The predicted octanol–water partition coefficient (Wildman–Crippen LogP) is 1.83. The first kappa shape index (κ1) is 12.1. The van der Waals surface area contributed by atoms with Gasteiger partial charge in [0.05, 0.1) is 0 Å². The molecule has 0 atom stereocenters. The molecule has 84 valence electrons. The highest BCUT2D eigenvalue weighted by Gasteiger charge is 2.00. The van der Waals surface area contributed by atoms with Gasteiger partial charge in [0.1, 0.15) is 5.82 Å². The van der Waals surface area contributed by atoms with E-state index in [-0.39, 0.29) is 5.82 Å². The van der Waals surface area contributed by atoms with E-state index < -0.39 is 0 Å². The summed E-state index contributed by atoms with van der Waals surface area (Å²) < 4.78 is 13.4.